The summed E-state index contributed by atoms with van der Waals surface area (Å²) in [6.45, 7) is 0. The molecule has 0 heterocycles. The van der Waals surface area contributed by atoms with Gasteiger partial charge in [0.2, 0.25) is 0 Å². The maximum atomic E-state index is 2.41. The summed E-state index contributed by atoms with van der Waals surface area (Å²) in [5, 5.41) is 0. The van der Waals surface area contributed by atoms with Gasteiger partial charge in [0.15, 0.2) is 0 Å². The Kier molecular flexibility index (Phi) is 10.9. The first-order chi connectivity index (χ1) is 30.7. The molecule has 0 unspecified atom stereocenters. The molecule has 1 aliphatic rings. The average molecular weight is 795 g/mol. The van der Waals surface area contributed by atoms with E-state index in [2.05, 4.69) is 265 Å². The van der Waals surface area contributed by atoms with Crippen LogP contribution in [0.5, 0.6) is 0 Å². The zero-order chi connectivity index (χ0) is 41.5. The molecule has 0 radical (unpaired) electrons. The normalized spacial score (nSPS) is 12.3. The summed E-state index contributed by atoms with van der Waals surface area (Å²) >= 11 is 0. The molecule has 296 valence electrons. The minimum absolute atomic E-state index is 0.949. The van der Waals surface area contributed by atoms with Crippen LogP contribution in [-0.2, 0) is 0 Å². The van der Waals surface area contributed by atoms with Gasteiger partial charge in [-0.3, -0.25) is 0 Å². The lowest BCUT2D eigenvalue weighted by Crippen LogP contribution is -2.17. The van der Waals surface area contributed by atoms with E-state index in [1.54, 1.807) is 0 Å². The van der Waals surface area contributed by atoms with E-state index in [-0.39, 0.29) is 0 Å². The number of rotatable bonds is 11. The number of para-hydroxylation sites is 1. The van der Waals surface area contributed by atoms with Gasteiger partial charge in [-0.05, 0) is 135 Å². The molecule has 0 N–H and O–H groups in total. The Labute approximate surface area is 365 Å². The average Bonchev–Trinajstić information content (AvgIpc) is 3.36. The third-order valence-corrected chi connectivity index (χ3v) is 11.8. The van der Waals surface area contributed by atoms with E-state index in [1.807, 2.05) is 0 Å². The van der Waals surface area contributed by atoms with E-state index in [9.17, 15) is 0 Å². The van der Waals surface area contributed by atoms with E-state index < -0.39 is 0 Å². The fourth-order valence-electron chi connectivity index (χ4n) is 8.54. The zero-order valence-electron chi connectivity index (χ0n) is 34.6. The molecule has 2 heteroatoms. The van der Waals surface area contributed by atoms with Crippen molar-refractivity contribution in [1.29, 1.82) is 0 Å². The van der Waals surface area contributed by atoms with Crippen molar-refractivity contribution in [2.24, 2.45) is 0 Å². The molecule has 0 atom stereocenters. The van der Waals surface area contributed by atoms with Crippen LogP contribution in [0.15, 0.2) is 261 Å². The van der Waals surface area contributed by atoms with Crippen molar-refractivity contribution in [2.75, 3.05) is 9.80 Å². The van der Waals surface area contributed by atoms with Crippen molar-refractivity contribution in [2.45, 2.75) is 12.8 Å². The molecule has 0 amide bonds. The number of hydrogen-bond acceptors (Lipinski definition) is 2. The molecule has 0 fully saturated rings. The smallest absolute Gasteiger partial charge is 0.0462 e. The summed E-state index contributed by atoms with van der Waals surface area (Å²) in [6, 6.07) is 87.2. The minimum Gasteiger partial charge on any atom is -0.314 e. The second kappa shape index (κ2) is 17.7. The van der Waals surface area contributed by atoms with E-state index in [1.165, 1.54) is 61.3 Å². The van der Waals surface area contributed by atoms with Crippen LogP contribution in [0, 0.1) is 0 Å². The van der Waals surface area contributed by atoms with E-state index >= 15 is 0 Å². The largest absolute Gasteiger partial charge is 0.314 e. The summed E-state index contributed by atoms with van der Waals surface area (Å²) < 4.78 is 0. The molecule has 62 heavy (non-hydrogen) atoms. The molecule has 1 aliphatic carbocycles. The van der Waals surface area contributed by atoms with Crippen molar-refractivity contribution >= 4 is 34.0 Å². The summed E-state index contributed by atoms with van der Waals surface area (Å²) in [5.74, 6) is 0. The van der Waals surface area contributed by atoms with Gasteiger partial charge in [-0.2, -0.15) is 0 Å². The van der Waals surface area contributed by atoms with Gasteiger partial charge in [0.05, 0.1) is 0 Å². The molecular weight excluding hydrogens is 749 g/mol. The van der Waals surface area contributed by atoms with Crippen LogP contribution in [0.3, 0.4) is 0 Å². The molecule has 0 saturated carbocycles. The van der Waals surface area contributed by atoms with Crippen LogP contribution >= 0.6 is 0 Å². The summed E-state index contributed by atoms with van der Waals surface area (Å²) in [6.07, 6.45) is 6.54. The first-order valence-corrected chi connectivity index (χ1v) is 21.5. The zero-order valence-corrected chi connectivity index (χ0v) is 34.6. The summed E-state index contributed by atoms with van der Waals surface area (Å²) in [4.78, 5) is 4.74. The quantitative estimate of drug-likeness (QED) is 0.129. The number of allylic oxidation sites excluding steroid dienone is 4. The fraction of sp³-hybridized carbons (Fsp3) is 0.0333. The van der Waals surface area contributed by atoms with E-state index in [4.69, 9.17) is 0 Å². The topological polar surface area (TPSA) is 6.48 Å². The highest BCUT2D eigenvalue weighted by molar-refractivity contribution is 5.82. The first-order valence-electron chi connectivity index (χ1n) is 21.5. The van der Waals surface area contributed by atoms with Gasteiger partial charge < -0.3 is 9.80 Å². The number of hydrogen-bond donors (Lipinski definition) is 0. The lowest BCUT2D eigenvalue weighted by molar-refractivity contribution is 0.930. The predicted octanol–water partition coefficient (Wildman–Crippen LogP) is 16.7. The third-order valence-electron chi connectivity index (χ3n) is 11.8. The molecule has 0 bridgehead atoms. The van der Waals surface area contributed by atoms with Gasteiger partial charge in [0.1, 0.15) is 0 Å². The van der Waals surface area contributed by atoms with Crippen LogP contribution in [0.4, 0.5) is 28.4 Å². The lowest BCUT2D eigenvalue weighted by Gasteiger charge is -2.30. The Balaban J connectivity index is 0.918. The van der Waals surface area contributed by atoms with Crippen molar-refractivity contribution in [3.8, 4) is 44.5 Å². The van der Waals surface area contributed by atoms with Crippen LogP contribution in [-0.4, -0.2) is 0 Å². The molecule has 0 aliphatic heterocycles. The van der Waals surface area contributed by atoms with Gasteiger partial charge in [0, 0.05) is 34.1 Å². The van der Waals surface area contributed by atoms with Crippen LogP contribution in [0.1, 0.15) is 18.4 Å². The van der Waals surface area contributed by atoms with E-state index in [0.717, 1.165) is 41.3 Å². The Bertz CT molecular complexity index is 2840. The monoisotopic (exact) mass is 794 g/mol. The highest BCUT2D eigenvalue weighted by Crippen LogP contribution is 2.40. The van der Waals surface area contributed by atoms with Crippen LogP contribution < -0.4 is 9.80 Å². The predicted molar refractivity (Wildman–Crippen MR) is 263 cm³/mol. The Hall–Kier alpha value is -7.94. The maximum Gasteiger partial charge on any atom is 0.0462 e. The van der Waals surface area contributed by atoms with Crippen molar-refractivity contribution < 1.29 is 0 Å². The first kappa shape index (κ1) is 38.3. The van der Waals surface area contributed by atoms with E-state index in [0.29, 0.717) is 0 Å². The maximum absolute atomic E-state index is 2.41. The fourth-order valence-corrected chi connectivity index (χ4v) is 8.54. The second-order valence-corrected chi connectivity index (χ2v) is 15.7. The van der Waals surface area contributed by atoms with Gasteiger partial charge in [-0.15, -0.1) is 0 Å². The highest BCUT2D eigenvalue weighted by Gasteiger charge is 2.19. The lowest BCUT2D eigenvalue weighted by atomic mass is 9.93. The summed E-state index contributed by atoms with van der Waals surface area (Å²) in [7, 11) is 0. The molecule has 0 spiro atoms. The molecule has 2 nitrogen and oxygen atoms in total. The minimum atomic E-state index is 0.949. The third kappa shape index (κ3) is 8.28. The molecule has 9 aromatic carbocycles. The number of benzene rings is 9. The van der Waals surface area contributed by atoms with Gasteiger partial charge in [0.25, 0.3) is 0 Å². The molecule has 10 rings (SSSR count). The highest BCUT2D eigenvalue weighted by atomic mass is 15.2. The van der Waals surface area contributed by atoms with Gasteiger partial charge in [-0.1, -0.05) is 188 Å². The van der Waals surface area contributed by atoms with Crippen LogP contribution in [0.2, 0.25) is 0 Å². The van der Waals surface area contributed by atoms with Crippen molar-refractivity contribution in [1.82, 2.24) is 0 Å². The van der Waals surface area contributed by atoms with Gasteiger partial charge in [-0.25, -0.2) is 0 Å². The molecule has 9 aromatic rings. The number of nitrogens with zero attached hydrogens (tertiary/aromatic N) is 2. The molecule has 0 saturated heterocycles. The van der Waals surface area contributed by atoms with Crippen LogP contribution in [0.25, 0.3) is 50.1 Å². The molecule has 0 aromatic heterocycles. The van der Waals surface area contributed by atoms with Gasteiger partial charge >= 0.3 is 0 Å². The number of anilines is 5. The Morgan fingerprint density at radius 1 is 0.210 bits per heavy atom. The second-order valence-electron chi connectivity index (χ2n) is 15.7. The van der Waals surface area contributed by atoms with Crippen molar-refractivity contribution in [3.63, 3.8) is 0 Å². The Morgan fingerprint density at radius 2 is 0.484 bits per heavy atom. The SMILES string of the molecule is C1=C(c2ccc(-c3ccccc3)cc2)CCC(N(c2ccccc2)c2ccc(-c3ccc(N(c4ccc(-c5ccccc5)cc4)c4ccc(-c5ccccc5)cc4)cc3)cc2)=C1. The van der Waals surface area contributed by atoms with Crippen molar-refractivity contribution in [3.05, 3.63) is 266 Å². The summed E-state index contributed by atoms with van der Waals surface area (Å²) in [5.41, 5.74) is 19.2. The standard InChI is InChI=1S/C60H46N2/c1-5-13-45(14-6-1)48-21-23-49(24-22-48)52-29-39-56(40-30-52)61(55-19-11-4-12-20-55)57-41-31-53(32-42-57)54-33-43-60(44-34-54)62(58-35-25-50(26-36-58)46-15-7-2-8-16-46)59-37-27-51(28-38-59)47-17-9-3-10-18-47/h1-29,31-39,41-44H,30,40H2. The Morgan fingerprint density at radius 3 is 0.823 bits per heavy atom. The molecular formula is C60H46N2.